The largest absolute Gasteiger partial charge is 0.376 e. The Labute approximate surface area is 122 Å². The molecule has 2 N–H and O–H groups in total. The van der Waals surface area contributed by atoms with Gasteiger partial charge in [0.05, 0.1) is 22.2 Å². The number of carbonyl (C=O) groups is 1. The Morgan fingerprint density at radius 1 is 1.42 bits per heavy atom. The number of benzene rings is 1. The lowest BCUT2D eigenvalue weighted by Crippen LogP contribution is -2.42. The van der Waals surface area contributed by atoms with Gasteiger partial charge in [-0.05, 0) is 38.0 Å². The Balaban J connectivity index is 1.88. The monoisotopic (exact) mass is 302 g/mol. The molecule has 1 saturated heterocycles. The summed E-state index contributed by atoms with van der Waals surface area (Å²) < 4.78 is 5.52. The van der Waals surface area contributed by atoms with Crippen molar-refractivity contribution in [2.75, 3.05) is 11.9 Å². The number of hydrogen-bond donors (Lipinski definition) is 2. The first-order valence-electron chi connectivity index (χ1n) is 6.20. The molecule has 0 aliphatic carbocycles. The predicted molar refractivity (Wildman–Crippen MR) is 77.1 cm³/mol. The van der Waals surface area contributed by atoms with Crippen LogP contribution in [0.15, 0.2) is 18.2 Å². The van der Waals surface area contributed by atoms with Crippen molar-refractivity contribution in [2.45, 2.75) is 31.9 Å². The fourth-order valence-electron chi connectivity index (χ4n) is 2.04. The fourth-order valence-corrected chi connectivity index (χ4v) is 2.34. The topological polar surface area (TPSA) is 50.4 Å². The van der Waals surface area contributed by atoms with Gasteiger partial charge < -0.3 is 15.4 Å². The number of nitrogens with one attached hydrogen (secondary N) is 2. The van der Waals surface area contributed by atoms with Crippen molar-refractivity contribution < 1.29 is 9.53 Å². The Morgan fingerprint density at radius 3 is 2.84 bits per heavy atom. The average molecular weight is 303 g/mol. The maximum absolute atomic E-state index is 11.8. The summed E-state index contributed by atoms with van der Waals surface area (Å²) in [5.41, 5.74) is 0.603. The molecule has 1 aliphatic heterocycles. The number of carbonyl (C=O) groups excluding carboxylic acids is 1. The standard InChI is InChI=1S/C13H16Cl2N2O2/c1-8(12-3-2-6-19-12)16-13(18)17-9-4-5-10(14)11(15)7-9/h4-5,7-8,12H,2-3,6H2,1H3,(H2,16,17,18)/t8-,12-/m1/s1. The molecule has 0 bridgehead atoms. The maximum atomic E-state index is 11.8. The van der Waals surface area contributed by atoms with Crippen molar-refractivity contribution in [3.8, 4) is 0 Å². The van der Waals surface area contributed by atoms with Crippen LogP contribution in [0.2, 0.25) is 10.0 Å². The Hall–Kier alpha value is -0.970. The molecule has 19 heavy (non-hydrogen) atoms. The minimum Gasteiger partial charge on any atom is -0.376 e. The van der Waals surface area contributed by atoms with Crippen LogP contribution >= 0.6 is 23.2 Å². The fraction of sp³-hybridized carbons (Fsp3) is 0.462. The van der Waals surface area contributed by atoms with Crippen LogP contribution in [0.3, 0.4) is 0 Å². The normalized spacial score (nSPS) is 20.1. The summed E-state index contributed by atoms with van der Waals surface area (Å²) in [4.78, 5) is 11.8. The molecule has 4 nitrogen and oxygen atoms in total. The van der Waals surface area contributed by atoms with Crippen LogP contribution in [0, 0.1) is 0 Å². The number of halogens is 2. The minimum absolute atomic E-state index is 0.0229. The van der Waals surface area contributed by atoms with Crippen molar-refractivity contribution in [1.82, 2.24) is 5.32 Å². The van der Waals surface area contributed by atoms with Crippen LogP contribution in [0.1, 0.15) is 19.8 Å². The van der Waals surface area contributed by atoms with Crippen molar-refractivity contribution in [1.29, 1.82) is 0 Å². The molecule has 1 aromatic rings. The SMILES string of the molecule is C[C@@H](NC(=O)Nc1ccc(Cl)c(Cl)c1)[C@H]1CCCO1. The average Bonchev–Trinajstić information content (AvgIpc) is 2.87. The molecular formula is C13H16Cl2N2O2. The second-order valence-electron chi connectivity index (χ2n) is 4.57. The molecule has 1 aromatic carbocycles. The molecule has 2 atom stereocenters. The summed E-state index contributed by atoms with van der Waals surface area (Å²) in [5, 5.41) is 6.44. The maximum Gasteiger partial charge on any atom is 0.319 e. The Bertz CT molecular complexity index is 462. The summed E-state index contributed by atoms with van der Waals surface area (Å²) in [6, 6.07) is 4.65. The summed E-state index contributed by atoms with van der Waals surface area (Å²) >= 11 is 11.7. The van der Waals surface area contributed by atoms with Crippen molar-refractivity contribution >= 4 is 34.9 Å². The summed E-state index contributed by atoms with van der Waals surface area (Å²) in [6.45, 7) is 2.70. The van der Waals surface area contributed by atoms with Gasteiger partial charge >= 0.3 is 6.03 Å². The molecule has 0 radical (unpaired) electrons. The molecule has 2 amide bonds. The quantitative estimate of drug-likeness (QED) is 0.895. The number of amides is 2. The predicted octanol–water partition coefficient (Wildman–Crippen LogP) is 3.68. The van der Waals surface area contributed by atoms with E-state index in [2.05, 4.69) is 10.6 Å². The highest BCUT2D eigenvalue weighted by molar-refractivity contribution is 6.42. The highest BCUT2D eigenvalue weighted by atomic mass is 35.5. The lowest BCUT2D eigenvalue weighted by molar-refractivity contribution is 0.0868. The molecule has 2 rings (SSSR count). The molecular weight excluding hydrogens is 287 g/mol. The molecule has 104 valence electrons. The van der Waals surface area contributed by atoms with Crippen molar-refractivity contribution in [2.24, 2.45) is 0 Å². The highest BCUT2D eigenvalue weighted by Crippen LogP contribution is 2.25. The first-order valence-corrected chi connectivity index (χ1v) is 6.96. The lowest BCUT2D eigenvalue weighted by atomic mass is 10.1. The van der Waals surface area contributed by atoms with Crippen LogP contribution in [0.4, 0.5) is 10.5 Å². The third kappa shape index (κ3) is 4.00. The van der Waals surface area contributed by atoms with E-state index in [9.17, 15) is 4.79 Å². The van der Waals surface area contributed by atoms with Gasteiger partial charge in [0.15, 0.2) is 0 Å². The number of rotatable bonds is 3. The smallest absolute Gasteiger partial charge is 0.319 e. The van der Waals surface area contributed by atoms with E-state index in [1.165, 1.54) is 0 Å². The second-order valence-corrected chi connectivity index (χ2v) is 5.38. The lowest BCUT2D eigenvalue weighted by Gasteiger charge is -2.20. The van der Waals surface area contributed by atoms with Gasteiger partial charge in [-0.25, -0.2) is 4.79 Å². The zero-order chi connectivity index (χ0) is 13.8. The third-order valence-electron chi connectivity index (χ3n) is 3.06. The van der Waals surface area contributed by atoms with E-state index in [1.54, 1.807) is 18.2 Å². The van der Waals surface area contributed by atoms with Gasteiger partial charge in [-0.2, -0.15) is 0 Å². The molecule has 0 unspecified atom stereocenters. The first kappa shape index (κ1) is 14.4. The van der Waals surface area contributed by atoms with Gasteiger partial charge in [-0.1, -0.05) is 23.2 Å². The van der Waals surface area contributed by atoms with Crippen LogP contribution in [0.5, 0.6) is 0 Å². The third-order valence-corrected chi connectivity index (χ3v) is 3.80. The van der Waals surface area contributed by atoms with Crippen molar-refractivity contribution in [3.63, 3.8) is 0 Å². The van der Waals surface area contributed by atoms with E-state index < -0.39 is 0 Å². The van der Waals surface area contributed by atoms with E-state index in [4.69, 9.17) is 27.9 Å². The van der Waals surface area contributed by atoms with E-state index in [0.29, 0.717) is 15.7 Å². The van der Waals surface area contributed by atoms with Crippen LogP contribution < -0.4 is 10.6 Å². The number of anilines is 1. The number of hydrogen-bond acceptors (Lipinski definition) is 2. The number of ether oxygens (including phenoxy) is 1. The van der Waals surface area contributed by atoms with E-state index in [0.717, 1.165) is 19.4 Å². The molecule has 0 saturated carbocycles. The van der Waals surface area contributed by atoms with Gasteiger partial charge in [0.2, 0.25) is 0 Å². The van der Waals surface area contributed by atoms with Crippen LogP contribution in [0.25, 0.3) is 0 Å². The highest BCUT2D eigenvalue weighted by Gasteiger charge is 2.23. The van der Waals surface area contributed by atoms with E-state index in [1.807, 2.05) is 6.92 Å². The summed E-state index contributed by atoms with van der Waals surface area (Å²) in [5.74, 6) is 0. The zero-order valence-corrected chi connectivity index (χ0v) is 12.1. The van der Waals surface area contributed by atoms with Crippen LogP contribution in [-0.2, 0) is 4.74 Å². The molecule has 0 aromatic heterocycles. The molecule has 6 heteroatoms. The Morgan fingerprint density at radius 2 is 2.21 bits per heavy atom. The number of urea groups is 1. The summed E-state index contributed by atoms with van der Waals surface area (Å²) in [6.07, 6.45) is 2.12. The van der Waals surface area contributed by atoms with Gasteiger partial charge in [0, 0.05) is 12.3 Å². The van der Waals surface area contributed by atoms with E-state index in [-0.39, 0.29) is 18.2 Å². The minimum atomic E-state index is -0.276. The van der Waals surface area contributed by atoms with Crippen LogP contribution in [-0.4, -0.2) is 24.8 Å². The van der Waals surface area contributed by atoms with Gasteiger partial charge in [-0.15, -0.1) is 0 Å². The molecule has 1 aliphatic rings. The molecule has 1 fully saturated rings. The summed E-state index contributed by atoms with van der Waals surface area (Å²) in [7, 11) is 0. The molecule has 0 spiro atoms. The van der Waals surface area contributed by atoms with E-state index >= 15 is 0 Å². The van der Waals surface area contributed by atoms with Gasteiger partial charge in [0.25, 0.3) is 0 Å². The van der Waals surface area contributed by atoms with Gasteiger partial charge in [0.1, 0.15) is 0 Å². The Kier molecular flexibility index (Phi) is 4.91. The zero-order valence-electron chi connectivity index (χ0n) is 10.6. The molecule has 1 heterocycles. The second kappa shape index (κ2) is 6.46. The van der Waals surface area contributed by atoms with Crippen molar-refractivity contribution in [3.05, 3.63) is 28.2 Å². The first-order chi connectivity index (χ1) is 9.06. The van der Waals surface area contributed by atoms with Gasteiger partial charge in [-0.3, -0.25) is 0 Å².